The molecule has 0 aliphatic heterocycles. The normalized spacial score (nSPS) is 11.8. The molecule has 0 radical (unpaired) electrons. The maximum atomic E-state index is 4.56. The van der Waals surface area contributed by atoms with Crippen molar-refractivity contribution < 1.29 is 0 Å². The molecule has 0 saturated heterocycles. The molecule has 0 unspecified atom stereocenters. The maximum Gasteiger partial charge on any atom is 0.203 e. The monoisotopic (exact) mass is 367 g/mol. The van der Waals surface area contributed by atoms with E-state index in [4.69, 9.17) is 0 Å². The fourth-order valence-corrected chi connectivity index (χ4v) is 3.85. The third-order valence-corrected chi connectivity index (χ3v) is 5.12. The van der Waals surface area contributed by atoms with Gasteiger partial charge in [-0.25, -0.2) is 4.98 Å². The van der Waals surface area contributed by atoms with Gasteiger partial charge in [0.25, 0.3) is 0 Å². The number of thiazole rings is 1. The largest absolute Gasteiger partial charge is 0.253 e. The van der Waals surface area contributed by atoms with E-state index in [1.807, 2.05) is 41.6 Å². The van der Waals surface area contributed by atoms with Crippen molar-refractivity contribution in [2.24, 2.45) is 5.10 Å². The van der Waals surface area contributed by atoms with Crippen LogP contribution in [0.15, 0.2) is 70.0 Å². The van der Waals surface area contributed by atoms with Crippen LogP contribution in [0.5, 0.6) is 0 Å². The van der Waals surface area contributed by atoms with Crippen molar-refractivity contribution in [3.63, 3.8) is 0 Å². The van der Waals surface area contributed by atoms with Crippen LogP contribution in [0.4, 0.5) is 5.13 Å². The van der Waals surface area contributed by atoms with Gasteiger partial charge in [-0.05, 0) is 17.7 Å². The molecule has 25 heavy (non-hydrogen) atoms. The average Bonchev–Trinajstić information content (AvgIpc) is 3.05. The van der Waals surface area contributed by atoms with E-state index in [-0.39, 0.29) is 4.75 Å². The highest BCUT2D eigenvalue weighted by Crippen LogP contribution is 2.31. The van der Waals surface area contributed by atoms with Gasteiger partial charge in [0.1, 0.15) is 0 Å². The minimum absolute atomic E-state index is 0.221. The topological polar surface area (TPSA) is 37.3 Å². The van der Waals surface area contributed by atoms with Gasteiger partial charge in [-0.2, -0.15) is 5.10 Å². The van der Waals surface area contributed by atoms with Crippen LogP contribution in [0, 0.1) is 0 Å². The van der Waals surface area contributed by atoms with Crippen molar-refractivity contribution in [3.8, 4) is 11.3 Å². The standard InChI is InChI=1S/C20H21N3S2/c1-20(2,3)25-17-11-9-15(10-12-17)13-21-23-19-22-18(14-24-19)16-7-5-4-6-8-16/h4-14H,1-3H3,(H,22,23). The molecule has 3 nitrogen and oxygen atoms in total. The Morgan fingerprint density at radius 1 is 1.04 bits per heavy atom. The molecule has 2 aromatic carbocycles. The second-order valence-corrected chi connectivity index (χ2v) is 9.32. The van der Waals surface area contributed by atoms with Gasteiger partial charge in [0.15, 0.2) is 0 Å². The van der Waals surface area contributed by atoms with Gasteiger partial charge in [0.05, 0.1) is 11.9 Å². The van der Waals surface area contributed by atoms with Crippen molar-refractivity contribution in [1.29, 1.82) is 0 Å². The fraction of sp³-hybridized carbons (Fsp3) is 0.200. The van der Waals surface area contributed by atoms with Gasteiger partial charge in [0.2, 0.25) is 5.13 Å². The fourth-order valence-electron chi connectivity index (χ4n) is 2.20. The lowest BCUT2D eigenvalue weighted by Gasteiger charge is -2.17. The Hall–Kier alpha value is -2.11. The van der Waals surface area contributed by atoms with Crippen LogP contribution in [0.3, 0.4) is 0 Å². The summed E-state index contributed by atoms with van der Waals surface area (Å²) in [4.78, 5) is 5.82. The lowest BCUT2D eigenvalue weighted by atomic mass is 10.2. The molecule has 3 aromatic rings. The highest BCUT2D eigenvalue weighted by molar-refractivity contribution is 8.00. The third-order valence-electron chi connectivity index (χ3n) is 3.25. The summed E-state index contributed by atoms with van der Waals surface area (Å²) in [5.41, 5.74) is 6.15. The zero-order chi connectivity index (χ0) is 17.7. The number of hydrazone groups is 1. The Bertz CT molecular complexity index is 831. The van der Waals surface area contributed by atoms with E-state index >= 15 is 0 Å². The Morgan fingerprint density at radius 2 is 1.76 bits per heavy atom. The first-order valence-corrected chi connectivity index (χ1v) is 9.78. The van der Waals surface area contributed by atoms with Crippen LogP contribution in [0.2, 0.25) is 0 Å². The molecule has 0 aliphatic carbocycles. The second kappa shape index (κ2) is 7.85. The maximum absolute atomic E-state index is 4.56. The molecule has 0 fully saturated rings. The summed E-state index contributed by atoms with van der Waals surface area (Å²) in [7, 11) is 0. The van der Waals surface area contributed by atoms with E-state index < -0.39 is 0 Å². The summed E-state index contributed by atoms with van der Waals surface area (Å²) in [5.74, 6) is 0. The smallest absolute Gasteiger partial charge is 0.203 e. The highest BCUT2D eigenvalue weighted by Gasteiger charge is 2.11. The minimum Gasteiger partial charge on any atom is -0.253 e. The highest BCUT2D eigenvalue weighted by atomic mass is 32.2. The number of hydrogen-bond acceptors (Lipinski definition) is 5. The second-order valence-electron chi connectivity index (χ2n) is 6.56. The van der Waals surface area contributed by atoms with Crippen LogP contribution in [-0.4, -0.2) is 15.9 Å². The van der Waals surface area contributed by atoms with Gasteiger partial charge in [0, 0.05) is 20.6 Å². The molecule has 1 heterocycles. The van der Waals surface area contributed by atoms with Gasteiger partial charge >= 0.3 is 0 Å². The molecule has 5 heteroatoms. The summed E-state index contributed by atoms with van der Waals surface area (Å²) in [5, 5.41) is 7.11. The van der Waals surface area contributed by atoms with Gasteiger partial charge in [-0.15, -0.1) is 23.1 Å². The van der Waals surface area contributed by atoms with Crippen LogP contribution < -0.4 is 5.43 Å². The molecule has 1 aromatic heterocycles. The van der Waals surface area contributed by atoms with E-state index in [2.05, 4.69) is 72.7 Å². The number of hydrogen-bond donors (Lipinski definition) is 1. The van der Waals surface area contributed by atoms with E-state index in [1.54, 1.807) is 11.3 Å². The van der Waals surface area contributed by atoms with Crippen LogP contribution >= 0.6 is 23.1 Å². The molecule has 0 amide bonds. The number of nitrogens with one attached hydrogen (secondary N) is 1. The summed E-state index contributed by atoms with van der Waals surface area (Å²) >= 11 is 3.41. The van der Waals surface area contributed by atoms with Crippen molar-refractivity contribution in [3.05, 3.63) is 65.5 Å². The zero-order valence-electron chi connectivity index (χ0n) is 14.6. The average molecular weight is 368 g/mol. The number of rotatable bonds is 5. The SMILES string of the molecule is CC(C)(C)Sc1ccc(C=NNc2nc(-c3ccccc3)cs2)cc1. The molecule has 128 valence electrons. The molecular weight excluding hydrogens is 346 g/mol. The molecule has 0 bridgehead atoms. The van der Waals surface area contributed by atoms with E-state index in [0.717, 1.165) is 22.0 Å². The van der Waals surface area contributed by atoms with Gasteiger partial charge in [-0.3, -0.25) is 5.43 Å². The van der Waals surface area contributed by atoms with Gasteiger partial charge < -0.3 is 0 Å². The quantitative estimate of drug-likeness (QED) is 0.334. The first-order valence-electron chi connectivity index (χ1n) is 8.09. The number of anilines is 1. The van der Waals surface area contributed by atoms with Crippen molar-refractivity contribution in [2.75, 3.05) is 5.43 Å². The van der Waals surface area contributed by atoms with E-state index in [0.29, 0.717) is 0 Å². The Balaban J connectivity index is 1.59. The van der Waals surface area contributed by atoms with Crippen molar-refractivity contribution in [2.45, 2.75) is 30.4 Å². The summed E-state index contributed by atoms with van der Waals surface area (Å²) in [6, 6.07) is 18.6. The third kappa shape index (κ3) is 5.44. The van der Waals surface area contributed by atoms with Crippen molar-refractivity contribution >= 4 is 34.4 Å². The molecule has 3 rings (SSSR count). The number of thioether (sulfide) groups is 1. The number of nitrogens with zero attached hydrogens (tertiary/aromatic N) is 2. The first-order chi connectivity index (χ1) is 12.0. The predicted molar refractivity (Wildman–Crippen MR) is 111 cm³/mol. The van der Waals surface area contributed by atoms with Crippen LogP contribution in [0.25, 0.3) is 11.3 Å². The minimum atomic E-state index is 0.221. The lowest BCUT2D eigenvalue weighted by Crippen LogP contribution is -2.06. The van der Waals surface area contributed by atoms with E-state index in [1.165, 1.54) is 4.90 Å². The molecule has 0 spiro atoms. The lowest BCUT2D eigenvalue weighted by molar-refractivity contribution is 0.803. The first kappa shape index (κ1) is 17.7. The Kier molecular flexibility index (Phi) is 5.56. The van der Waals surface area contributed by atoms with Gasteiger partial charge in [-0.1, -0.05) is 63.2 Å². The molecule has 0 saturated carbocycles. The predicted octanol–water partition coefficient (Wildman–Crippen LogP) is 6.15. The Morgan fingerprint density at radius 3 is 2.44 bits per heavy atom. The molecule has 1 N–H and O–H groups in total. The van der Waals surface area contributed by atoms with Crippen LogP contribution in [0.1, 0.15) is 26.3 Å². The Labute approximate surface area is 157 Å². The van der Waals surface area contributed by atoms with E-state index in [9.17, 15) is 0 Å². The zero-order valence-corrected chi connectivity index (χ0v) is 16.2. The summed E-state index contributed by atoms with van der Waals surface area (Å²) < 4.78 is 0.221. The summed E-state index contributed by atoms with van der Waals surface area (Å²) in [6.45, 7) is 6.65. The summed E-state index contributed by atoms with van der Waals surface area (Å²) in [6.07, 6.45) is 1.81. The molecule has 0 aliphatic rings. The van der Waals surface area contributed by atoms with Crippen molar-refractivity contribution in [1.82, 2.24) is 4.98 Å². The van der Waals surface area contributed by atoms with Crippen LogP contribution in [-0.2, 0) is 0 Å². The molecular formula is C20H21N3S2. The molecule has 0 atom stereocenters. The number of benzene rings is 2. The number of aromatic nitrogens is 1.